The summed E-state index contributed by atoms with van der Waals surface area (Å²) in [5.74, 6) is -0.632. The van der Waals surface area contributed by atoms with E-state index >= 15 is 0 Å². The first-order valence-corrected chi connectivity index (χ1v) is 4.96. The fourth-order valence-electron chi connectivity index (χ4n) is 1.36. The maximum atomic E-state index is 11.5. The Hall–Kier alpha value is -2.37. The van der Waals surface area contributed by atoms with E-state index in [0.717, 1.165) is 4.68 Å². The van der Waals surface area contributed by atoms with Crippen molar-refractivity contribution in [2.24, 2.45) is 0 Å². The van der Waals surface area contributed by atoms with E-state index in [1.807, 2.05) is 0 Å². The summed E-state index contributed by atoms with van der Waals surface area (Å²) in [4.78, 5) is 22.3. The van der Waals surface area contributed by atoms with Gasteiger partial charge in [0.15, 0.2) is 11.8 Å². The van der Waals surface area contributed by atoms with Crippen LogP contribution in [0.4, 0.5) is 0 Å². The van der Waals surface area contributed by atoms with Gasteiger partial charge in [-0.05, 0) is 25.1 Å². The molecule has 2 aromatic heterocycles. The number of aliphatic carboxylic acids is 1. The first-order chi connectivity index (χ1) is 8.09. The third-order valence-electron chi connectivity index (χ3n) is 2.32. The Labute approximate surface area is 96.1 Å². The molecule has 6 heteroatoms. The predicted molar refractivity (Wildman–Crippen MR) is 58.5 cm³/mol. The van der Waals surface area contributed by atoms with E-state index in [-0.39, 0.29) is 0 Å². The molecule has 0 aliphatic rings. The van der Waals surface area contributed by atoms with Gasteiger partial charge in [0.05, 0.1) is 6.26 Å². The van der Waals surface area contributed by atoms with E-state index in [9.17, 15) is 9.59 Å². The summed E-state index contributed by atoms with van der Waals surface area (Å²) < 4.78 is 6.05. The molecule has 1 atom stereocenters. The second-order valence-electron chi connectivity index (χ2n) is 3.49. The van der Waals surface area contributed by atoms with Crippen molar-refractivity contribution in [2.45, 2.75) is 13.0 Å². The molecule has 0 fully saturated rings. The SMILES string of the molecule is C[C@@H](C(=O)O)n1nc(-c2ccco2)ccc1=O. The molecule has 2 rings (SSSR count). The lowest BCUT2D eigenvalue weighted by Gasteiger charge is -2.09. The van der Waals surface area contributed by atoms with Crippen molar-refractivity contribution in [1.82, 2.24) is 9.78 Å². The van der Waals surface area contributed by atoms with Gasteiger partial charge in [-0.1, -0.05) is 0 Å². The van der Waals surface area contributed by atoms with E-state index in [1.54, 1.807) is 12.1 Å². The van der Waals surface area contributed by atoms with Crippen LogP contribution in [0, 0.1) is 0 Å². The Morgan fingerprint density at radius 2 is 2.24 bits per heavy atom. The molecule has 0 saturated carbocycles. The Morgan fingerprint density at radius 1 is 1.47 bits per heavy atom. The normalized spacial score (nSPS) is 12.3. The van der Waals surface area contributed by atoms with Crippen molar-refractivity contribution in [3.8, 4) is 11.5 Å². The van der Waals surface area contributed by atoms with Gasteiger partial charge in [-0.2, -0.15) is 5.10 Å². The average molecular weight is 234 g/mol. The van der Waals surface area contributed by atoms with Crippen LogP contribution in [0.2, 0.25) is 0 Å². The topological polar surface area (TPSA) is 85.3 Å². The Balaban J connectivity index is 2.50. The molecule has 2 aromatic rings. The summed E-state index contributed by atoms with van der Waals surface area (Å²) in [6.45, 7) is 1.39. The molecule has 0 radical (unpaired) electrons. The van der Waals surface area contributed by atoms with Crippen molar-refractivity contribution in [3.63, 3.8) is 0 Å². The molecular weight excluding hydrogens is 224 g/mol. The van der Waals surface area contributed by atoms with Crippen LogP contribution >= 0.6 is 0 Å². The number of carbonyl (C=O) groups is 1. The number of furan rings is 1. The average Bonchev–Trinajstić information content (AvgIpc) is 2.82. The second kappa shape index (κ2) is 4.25. The maximum absolute atomic E-state index is 11.5. The summed E-state index contributed by atoms with van der Waals surface area (Å²) >= 11 is 0. The Morgan fingerprint density at radius 3 is 2.82 bits per heavy atom. The molecule has 0 amide bonds. The third-order valence-corrected chi connectivity index (χ3v) is 2.32. The van der Waals surface area contributed by atoms with Crippen LogP contribution in [0.15, 0.2) is 39.7 Å². The zero-order chi connectivity index (χ0) is 12.4. The van der Waals surface area contributed by atoms with Crippen molar-refractivity contribution < 1.29 is 14.3 Å². The molecule has 1 N–H and O–H groups in total. The van der Waals surface area contributed by atoms with Crippen molar-refractivity contribution in [1.29, 1.82) is 0 Å². The van der Waals surface area contributed by atoms with Crippen LogP contribution in [-0.2, 0) is 4.79 Å². The van der Waals surface area contributed by atoms with Gasteiger partial charge in [-0.25, -0.2) is 9.48 Å². The maximum Gasteiger partial charge on any atom is 0.328 e. The van der Waals surface area contributed by atoms with Gasteiger partial charge in [-0.3, -0.25) is 4.79 Å². The minimum atomic E-state index is -1.11. The lowest BCUT2D eigenvalue weighted by molar-refractivity contribution is -0.140. The quantitative estimate of drug-likeness (QED) is 0.860. The fraction of sp³-hybridized carbons (Fsp3) is 0.182. The lowest BCUT2D eigenvalue weighted by atomic mass is 10.3. The summed E-state index contributed by atoms with van der Waals surface area (Å²) in [5.41, 5.74) is -0.0436. The minimum absolute atomic E-state index is 0.419. The first kappa shape index (κ1) is 11.1. The van der Waals surface area contributed by atoms with Gasteiger partial charge in [0.25, 0.3) is 5.56 Å². The zero-order valence-electron chi connectivity index (χ0n) is 9.03. The Kier molecular flexibility index (Phi) is 2.78. The first-order valence-electron chi connectivity index (χ1n) is 4.96. The highest BCUT2D eigenvalue weighted by molar-refractivity contribution is 5.71. The van der Waals surface area contributed by atoms with Crippen LogP contribution < -0.4 is 5.56 Å². The monoisotopic (exact) mass is 234 g/mol. The van der Waals surface area contributed by atoms with Gasteiger partial charge in [0.1, 0.15) is 5.69 Å². The molecule has 0 aliphatic heterocycles. The number of rotatable bonds is 3. The molecule has 0 aromatic carbocycles. The highest BCUT2D eigenvalue weighted by atomic mass is 16.4. The molecule has 6 nitrogen and oxygen atoms in total. The van der Waals surface area contributed by atoms with Gasteiger partial charge < -0.3 is 9.52 Å². The van der Waals surface area contributed by atoms with E-state index in [4.69, 9.17) is 9.52 Å². The number of carboxylic acid groups (broad SMARTS) is 1. The largest absolute Gasteiger partial charge is 0.480 e. The van der Waals surface area contributed by atoms with Crippen LogP contribution in [0.3, 0.4) is 0 Å². The van der Waals surface area contributed by atoms with Crippen molar-refractivity contribution in [3.05, 3.63) is 40.9 Å². The van der Waals surface area contributed by atoms with Crippen LogP contribution in [0.5, 0.6) is 0 Å². The number of carboxylic acids is 1. The number of hydrogen-bond acceptors (Lipinski definition) is 4. The molecule has 0 bridgehead atoms. The van der Waals surface area contributed by atoms with Crippen molar-refractivity contribution in [2.75, 3.05) is 0 Å². The third kappa shape index (κ3) is 2.10. The summed E-state index contributed by atoms with van der Waals surface area (Å²) in [7, 11) is 0. The summed E-state index contributed by atoms with van der Waals surface area (Å²) in [6.07, 6.45) is 1.48. The van der Waals surface area contributed by atoms with Gasteiger partial charge >= 0.3 is 5.97 Å². The molecule has 0 aliphatic carbocycles. The molecule has 0 unspecified atom stereocenters. The van der Waals surface area contributed by atoms with Crippen LogP contribution in [0.25, 0.3) is 11.5 Å². The molecule has 2 heterocycles. The molecule has 17 heavy (non-hydrogen) atoms. The highest BCUT2D eigenvalue weighted by Crippen LogP contribution is 2.15. The molecule has 0 spiro atoms. The lowest BCUT2D eigenvalue weighted by Crippen LogP contribution is -2.29. The summed E-state index contributed by atoms with van der Waals surface area (Å²) in [6, 6.07) is 5.11. The van der Waals surface area contributed by atoms with Crippen LogP contribution in [0.1, 0.15) is 13.0 Å². The summed E-state index contributed by atoms with van der Waals surface area (Å²) in [5, 5.41) is 12.8. The van der Waals surface area contributed by atoms with E-state index in [1.165, 1.54) is 25.3 Å². The van der Waals surface area contributed by atoms with Crippen molar-refractivity contribution >= 4 is 5.97 Å². The smallest absolute Gasteiger partial charge is 0.328 e. The molecular formula is C11H10N2O4. The van der Waals surface area contributed by atoms with E-state index in [2.05, 4.69) is 5.10 Å². The molecule has 88 valence electrons. The predicted octanol–water partition coefficient (Wildman–Crippen LogP) is 1.15. The number of nitrogens with zero attached hydrogens (tertiary/aromatic N) is 2. The van der Waals surface area contributed by atoms with Gasteiger partial charge in [-0.15, -0.1) is 0 Å². The van der Waals surface area contributed by atoms with E-state index in [0.29, 0.717) is 11.5 Å². The second-order valence-corrected chi connectivity index (χ2v) is 3.49. The van der Waals surface area contributed by atoms with Gasteiger partial charge in [0.2, 0.25) is 0 Å². The number of aromatic nitrogens is 2. The van der Waals surface area contributed by atoms with E-state index < -0.39 is 17.6 Å². The fourth-order valence-corrected chi connectivity index (χ4v) is 1.36. The number of hydrogen-bond donors (Lipinski definition) is 1. The standard InChI is InChI=1S/C11H10N2O4/c1-7(11(15)16)13-10(14)5-4-8(12-13)9-3-2-6-17-9/h2-7H,1H3,(H,15,16)/t7-/m0/s1. The highest BCUT2D eigenvalue weighted by Gasteiger charge is 2.16. The van der Waals surface area contributed by atoms with Crippen LogP contribution in [-0.4, -0.2) is 20.9 Å². The molecule has 0 saturated heterocycles. The zero-order valence-corrected chi connectivity index (χ0v) is 9.03. The Bertz CT molecular complexity index is 586. The minimum Gasteiger partial charge on any atom is -0.480 e. The van der Waals surface area contributed by atoms with Gasteiger partial charge in [0, 0.05) is 6.07 Å².